The van der Waals surface area contributed by atoms with E-state index in [-0.39, 0.29) is 6.42 Å². The number of carboxylic acid groups (broad SMARTS) is 1. The number of hydrogen-bond donors (Lipinski definition) is 0. The normalized spacial score (nSPS) is 12.8. The van der Waals surface area contributed by atoms with Gasteiger partial charge in [0, 0.05) is 5.97 Å². The van der Waals surface area contributed by atoms with Crippen molar-refractivity contribution < 1.29 is 9.90 Å². The fraction of sp³-hybridized carbons (Fsp3) is 0.450. The van der Waals surface area contributed by atoms with Gasteiger partial charge in [-0.1, -0.05) is 51.1 Å². The molecule has 0 spiro atoms. The molecule has 0 N–H and O–H groups in total. The Labute approximate surface area is 133 Å². The lowest BCUT2D eigenvalue weighted by Gasteiger charge is -2.14. The Bertz CT molecular complexity index is 628. The third-order valence-electron chi connectivity index (χ3n) is 4.51. The van der Waals surface area contributed by atoms with Gasteiger partial charge in [0.25, 0.3) is 0 Å². The molecule has 0 saturated carbocycles. The van der Waals surface area contributed by atoms with E-state index in [1.54, 1.807) is 0 Å². The van der Waals surface area contributed by atoms with E-state index in [0.717, 1.165) is 6.42 Å². The summed E-state index contributed by atoms with van der Waals surface area (Å²) < 4.78 is 0. The Hall–Kier alpha value is -1.83. The molecule has 0 fully saturated rings. The molecule has 2 nitrogen and oxygen atoms in total. The van der Waals surface area contributed by atoms with Crippen LogP contribution in [0.3, 0.4) is 0 Å². The van der Waals surface area contributed by atoms with E-state index in [1.807, 2.05) is 0 Å². The van der Waals surface area contributed by atoms with Crippen molar-refractivity contribution in [3.05, 3.63) is 47.0 Å². The highest BCUT2D eigenvalue weighted by atomic mass is 16.4. The van der Waals surface area contributed by atoms with Crippen molar-refractivity contribution in [3.63, 3.8) is 0 Å². The van der Waals surface area contributed by atoms with Gasteiger partial charge in [0.05, 0.1) is 0 Å². The lowest BCUT2D eigenvalue weighted by atomic mass is 9.91. The van der Waals surface area contributed by atoms with Gasteiger partial charge in [-0.2, -0.15) is 0 Å². The van der Waals surface area contributed by atoms with Gasteiger partial charge < -0.3 is 9.90 Å². The number of carboxylic acids is 1. The molecule has 0 aromatic rings. The van der Waals surface area contributed by atoms with Gasteiger partial charge in [-0.15, -0.1) is 0 Å². The Morgan fingerprint density at radius 3 is 2.45 bits per heavy atom. The van der Waals surface area contributed by atoms with Crippen LogP contribution in [0.4, 0.5) is 0 Å². The van der Waals surface area contributed by atoms with Crippen molar-refractivity contribution in [3.8, 4) is 11.1 Å². The fourth-order valence-electron chi connectivity index (χ4n) is 3.03. The van der Waals surface area contributed by atoms with Gasteiger partial charge in [-0.25, -0.2) is 0 Å². The van der Waals surface area contributed by atoms with Crippen LogP contribution in [-0.2, 0) is 4.79 Å². The zero-order valence-electron chi connectivity index (χ0n) is 14.0. The van der Waals surface area contributed by atoms with Crippen LogP contribution < -0.4 is 5.11 Å². The Balaban J connectivity index is 2.34. The van der Waals surface area contributed by atoms with Crippen LogP contribution in [0.1, 0.15) is 68.6 Å². The molecule has 0 aromatic heterocycles. The molecule has 0 bridgehead atoms. The van der Waals surface area contributed by atoms with E-state index in [0.29, 0.717) is 18.3 Å². The SMILES string of the molecule is Cc1ccc2c(C(C)CCCC(=O)[O-])ccc(C(C)C)cc1-2. The Morgan fingerprint density at radius 2 is 1.82 bits per heavy atom. The maximum atomic E-state index is 10.6. The van der Waals surface area contributed by atoms with E-state index in [2.05, 4.69) is 58.0 Å². The topological polar surface area (TPSA) is 40.1 Å². The number of carbonyl (C=O) groups is 1. The summed E-state index contributed by atoms with van der Waals surface area (Å²) in [4.78, 5) is 10.6. The first kappa shape index (κ1) is 16.5. The fourth-order valence-corrected chi connectivity index (χ4v) is 3.03. The quantitative estimate of drug-likeness (QED) is 0.799. The van der Waals surface area contributed by atoms with Crippen LogP contribution in [0, 0.1) is 6.92 Å². The van der Waals surface area contributed by atoms with Crippen LogP contribution in [-0.4, -0.2) is 5.97 Å². The van der Waals surface area contributed by atoms with Crippen molar-refractivity contribution in [2.45, 2.75) is 58.8 Å². The van der Waals surface area contributed by atoms with Crippen molar-refractivity contribution in [2.75, 3.05) is 0 Å². The van der Waals surface area contributed by atoms with E-state index in [1.165, 1.54) is 27.8 Å². The summed E-state index contributed by atoms with van der Waals surface area (Å²) >= 11 is 0. The van der Waals surface area contributed by atoms with Gasteiger partial charge in [0.1, 0.15) is 0 Å². The summed E-state index contributed by atoms with van der Waals surface area (Å²) in [5.74, 6) is -0.121. The summed E-state index contributed by atoms with van der Waals surface area (Å²) in [6.45, 7) is 8.75. The third-order valence-corrected chi connectivity index (χ3v) is 4.51. The first-order valence-electron chi connectivity index (χ1n) is 8.13. The molecular formula is C20H25O2-. The summed E-state index contributed by atoms with van der Waals surface area (Å²) in [5.41, 5.74) is 6.57. The average Bonchev–Trinajstić information content (AvgIpc) is 2.69. The summed E-state index contributed by atoms with van der Waals surface area (Å²) in [6, 6.07) is 11.1. The first-order chi connectivity index (χ1) is 10.4. The molecule has 0 amide bonds. The molecule has 2 heteroatoms. The molecule has 2 aliphatic rings. The molecule has 0 heterocycles. The molecule has 2 rings (SSSR count). The summed E-state index contributed by atoms with van der Waals surface area (Å²) in [7, 11) is 0. The summed E-state index contributed by atoms with van der Waals surface area (Å²) in [6.07, 6.45) is 1.68. The average molecular weight is 297 g/mol. The third kappa shape index (κ3) is 3.68. The molecule has 1 atom stereocenters. The number of aryl methyl sites for hydroxylation is 1. The molecule has 1 unspecified atom stereocenters. The second-order valence-electron chi connectivity index (χ2n) is 6.60. The zero-order valence-corrected chi connectivity index (χ0v) is 14.0. The number of aliphatic carboxylic acids is 1. The second-order valence-corrected chi connectivity index (χ2v) is 6.60. The van der Waals surface area contributed by atoms with Gasteiger partial charge in [0.2, 0.25) is 0 Å². The molecule has 118 valence electrons. The van der Waals surface area contributed by atoms with Crippen LogP contribution in [0.2, 0.25) is 0 Å². The zero-order chi connectivity index (χ0) is 16.3. The molecule has 2 aliphatic carbocycles. The molecule has 0 saturated heterocycles. The van der Waals surface area contributed by atoms with E-state index in [4.69, 9.17) is 0 Å². The predicted molar refractivity (Wildman–Crippen MR) is 89.2 cm³/mol. The lowest BCUT2D eigenvalue weighted by molar-refractivity contribution is -0.305. The van der Waals surface area contributed by atoms with Crippen molar-refractivity contribution >= 4 is 5.97 Å². The predicted octanol–water partition coefficient (Wildman–Crippen LogP) is 4.25. The smallest absolute Gasteiger partial charge is 0.0414 e. The van der Waals surface area contributed by atoms with Gasteiger partial charge in [-0.3, -0.25) is 0 Å². The Kier molecular flexibility index (Phi) is 5.23. The second kappa shape index (κ2) is 6.95. The number of fused-ring (bicyclic) bond motifs is 1. The van der Waals surface area contributed by atoms with Gasteiger partial charge in [-0.05, 0) is 65.8 Å². The molecular weight excluding hydrogens is 272 g/mol. The maximum absolute atomic E-state index is 10.6. The minimum absolute atomic E-state index is 0.143. The van der Waals surface area contributed by atoms with E-state index >= 15 is 0 Å². The number of carbonyl (C=O) groups excluding carboxylic acids is 1. The van der Waals surface area contributed by atoms with E-state index < -0.39 is 5.97 Å². The minimum Gasteiger partial charge on any atom is -0.550 e. The van der Waals surface area contributed by atoms with Crippen molar-refractivity contribution in [1.29, 1.82) is 0 Å². The van der Waals surface area contributed by atoms with Crippen LogP contribution >= 0.6 is 0 Å². The van der Waals surface area contributed by atoms with Gasteiger partial charge >= 0.3 is 0 Å². The van der Waals surface area contributed by atoms with Crippen molar-refractivity contribution in [1.82, 2.24) is 0 Å². The van der Waals surface area contributed by atoms with Crippen molar-refractivity contribution in [2.24, 2.45) is 0 Å². The highest BCUT2D eigenvalue weighted by Gasteiger charge is 2.16. The molecule has 0 aliphatic heterocycles. The maximum Gasteiger partial charge on any atom is 0.0414 e. The van der Waals surface area contributed by atoms with Crippen LogP contribution in [0.25, 0.3) is 11.1 Å². The standard InChI is InChI=1S/C20H26O2/c1-13(2)16-9-11-17(14(3)6-5-7-20(21)22)18-10-8-15(4)19(18)12-16/h8-14H,5-7H2,1-4H3,(H,21,22)/p-1. The van der Waals surface area contributed by atoms with Crippen LogP contribution in [0.15, 0.2) is 30.3 Å². The first-order valence-corrected chi connectivity index (χ1v) is 8.13. The molecule has 22 heavy (non-hydrogen) atoms. The van der Waals surface area contributed by atoms with Crippen LogP contribution in [0.5, 0.6) is 0 Å². The highest BCUT2D eigenvalue weighted by Crippen LogP contribution is 2.37. The number of rotatable bonds is 6. The molecule has 0 radical (unpaired) electrons. The molecule has 0 aromatic carbocycles. The minimum atomic E-state index is -0.956. The monoisotopic (exact) mass is 297 g/mol. The Morgan fingerprint density at radius 1 is 1.09 bits per heavy atom. The largest absolute Gasteiger partial charge is 0.550 e. The van der Waals surface area contributed by atoms with E-state index in [9.17, 15) is 9.90 Å². The number of hydrogen-bond acceptors (Lipinski definition) is 2. The lowest BCUT2D eigenvalue weighted by Crippen LogP contribution is -2.21. The van der Waals surface area contributed by atoms with Gasteiger partial charge in [0.15, 0.2) is 0 Å². The highest BCUT2D eigenvalue weighted by molar-refractivity contribution is 5.74. The summed E-state index contributed by atoms with van der Waals surface area (Å²) in [5, 5.41) is 10.6.